The van der Waals surface area contributed by atoms with E-state index in [9.17, 15) is 0 Å². The van der Waals surface area contributed by atoms with Gasteiger partial charge in [0.2, 0.25) is 0 Å². The molecule has 19 heavy (non-hydrogen) atoms. The summed E-state index contributed by atoms with van der Waals surface area (Å²) in [6, 6.07) is 14.6. The van der Waals surface area contributed by atoms with E-state index in [1.165, 1.54) is 16.3 Å². The van der Waals surface area contributed by atoms with Crippen LogP contribution in [0.25, 0.3) is 10.8 Å². The summed E-state index contributed by atoms with van der Waals surface area (Å²) in [5.41, 5.74) is 7.05. The fraction of sp³-hybridized carbons (Fsp3) is 0.312. The van der Waals surface area contributed by atoms with Crippen molar-refractivity contribution in [2.45, 2.75) is 26.3 Å². The van der Waals surface area contributed by atoms with Crippen LogP contribution in [0.15, 0.2) is 47.5 Å². The second kappa shape index (κ2) is 6.78. The van der Waals surface area contributed by atoms with Gasteiger partial charge in [0, 0.05) is 6.54 Å². The van der Waals surface area contributed by atoms with Crippen LogP contribution in [-0.2, 0) is 6.54 Å². The fourth-order valence-electron chi connectivity index (χ4n) is 2.05. The zero-order valence-electron chi connectivity index (χ0n) is 11.4. The van der Waals surface area contributed by atoms with E-state index in [1.807, 2.05) is 0 Å². The molecule has 3 N–H and O–H groups in total. The molecule has 0 aromatic heterocycles. The third kappa shape index (κ3) is 3.71. The summed E-state index contributed by atoms with van der Waals surface area (Å²) in [5, 5.41) is 5.62. The van der Waals surface area contributed by atoms with Gasteiger partial charge in [-0.1, -0.05) is 55.8 Å². The predicted molar refractivity (Wildman–Crippen MR) is 82.2 cm³/mol. The topological polar surface area (TPSA) is 50.4 Å². The van der Waals surface area contributed by atoms with Gasteiger partial charge in [-0.2, -0.15) is 0 Å². The van der Waals surface area contributed by atoms with E-state index in [0.717, 1.165) is 19.4 Å². The number of nitrogens with two attached hydrogens (primary N) is 1. The van der Waals surface area contributed by atoms with Crippen molar-refractivity contribution in [3.63, 3.8) is 0 Å². The normalized spacial score (nSPS) is 11.7. The molecule has 0 bridgehead atoms. The lowest BCUT2D eigenvalue weighted by atomic mass is 10.1. The van der Waals surface area contributed by atoms with Gasteiger partial charge in [0.25, 0.3) is 0 Å². The second-order valence-corrected chi connectivity index (χ2v) is 4.62. The lowest BCUT2D eigenvalue weighted by Crippen LogP contribution is -2.32. The zero-order valence-corrected chi connectivity index (χ0v) is 11.4. The van der Waals surface area contributed by atoms with E-state index in [2.05, 4.69) is 59.7 Å². The summed E-state index contributed by atoms with van der Waals surface area (Å²) in [6.45, 7) is 3.67. The Hall–Kier alpha value is -2.03. The first kappa shape index (κ1) is 13.4. The minimum Gasteiger partial charge on any atom is -0.370 e. The van der Waals surface area contributed by atoms with Crippen molar-refractivity contribution in [1.82, 2.24) is 5.32 Å². The molecule has 2 aromatic carbocycles. The number of guanidine groups is 1. The highest BCUT2D eigenvalue weighted by Crippen LogP contribution is 2.18. The number of rotatable bonds is 5. The van der Waals surface area contributed by atoms with Crippen molar-refractivity contribution in [1.29, 1.82) is 0 Å². The van der Waals surface area contributed by atoms with Crippen molar-refractivity contribution in [2.24, 2.45) is 10.7 Å². The summed E-state index contributed by atoms with van der Waals surface area (Å²) in [7, 11) is 0. The number of unbranched alkanes of at least 4 members (excludes halogenated alkanes) is 1. The molecule has 0 aliphatic rings. The minimum atomic E-state index is 0.529. The highest BCUT2D eigenvalue weighted by Gasteiger charge is 1.99. The van der Waals surface area contributed by atoms with Crippen LogP contribution >= 0.6 is 0 Å². The van der Waals surface area contributed by atoms with Gasteiger partial charge in [0.1, 0.15) is 0 Å². The average molecular weight is 255 g/mol. The molecule has 0 radical (unpaired) electrons. The maximum atomic E-state index is 5.85. The Morgan fingerprint density at radius 2 is 1.95 bits per heavy atom. The van der Waals surface area contributed by atoms with Gasteiger partial charge >= 0.3 is 0 Å². The van der Waals surface area contributed by atoms with E-state index >= 15 is 0 Å². The number of benzene rings is 2. The third-order valence-electron chi connectivity index (χ3n) is 3.14. The summed E-state index contributed by atoms with van der Waals surface area (Å²) < 4.78 is 0. The molecule has 2 aromatic rings. The van der Waals surface area contributed by atoms with Gasteiger partial charge in [-0.05, 0) is 22.8 Å². The summed E-state index contributed by atoms with van der Waals surface area (Å²) in [5.74, 6) is 0.529. The van der Waals surface area contributed by atoms with E-state index in [0.29, 0.717) is 12.5 Å². The van der Waals surface area contributed by atoms with Gasteiger partial charge in [-0.25, -0.2) is 4.99 Å². The molecular weight excluding hydrogens is 234 g/mol. The molecule has 0 saturated heterocycles. The molecule has 0 amide bonds. The SMILES string of the molecule is CCCCNC(N)=NCc1cccc2ccccc12. The molecule has 0 fully saturated rings. The van der Waals surface area contributed by atoms with Crippen LogP contribution in [0.3, 0.4) is 0 Å². The van der Waals surface area contributed by atoms with Crippen molar-refractivity contribution < 1.29 is 0 Å². The Balaban J connectivity index is 2.07. The van der Waals surface area contributed by atoms with Crippen molar-refractivity contribution in [2.75, 3.05) is 6.54 Å². The predicted octanol–water partition coefficient (Wildman–Crippen LogP) is 3.04. The molecule has 0 saturated carbocycles. The Kier molecular flexibility index (Phi) is 4.78. The molecule has 100 valence electrons. The number of hydrogen-bond acceptors (Lipinski definition) is 1. The summed E-state index contributed by atoms with van der Waals surface area (Å²) in [6.07, 6.45) is 2.27. The Bertz CT molecular complexity index is 555. The molecule has 0 atom stereocenters. The Morgan fingerprint density at radius 1 is 1.16 bits per heavy atom. The first-order chi connectivity index (χ1) is 9.31. The largest absolute Gasteiger partial charge is 0.370 e. The fourth-order valence-corrected chi connectivity index (χ4v) is 2.05. The number of hydrogen-bond donors (Lipinski definition) is 2. The van der Waals surface area contributed by atoms with Crippen molar-refractivity contribution in [3.05, 3.63) is 48.0 Å². The van der Waals surface area contributed by atoms with Crippen LogP contribution < -0.4 is 11.1 Å². The lowest BCUT2D eigenvalue weighted by molar-refractivity contribution is 0.748. The highest BCUT2D eigenvalue weighted by molar-refractivity contribution is 5.86. The quantitative estimate of drug-likeness (QED) is 0.490. The molecule has 2 rings (SSSR count). The third-order valence-corrected chi connectivity index (χ3v) is 3.14. The van der Waals surface area contributed by atoms with Gasteiger partial charge in [0.15, 0.2) is 5.96 Å². The summed E-state index contributed by atoms with van der Waals surface area (Å²) >= 11 is 0. The molecule has 0 spiro atoms. The van der Waals surface area contributed by atoms with Crippen molar-refractivity contribution >= 4 is 16.7 Å². The van der Waals surface area contributed by atoms with Crippen LogP contribution in [0.5, 0.6) is 0 Å². The smallest absolute Gasteiger partial charge is 0.188 e. The van der Waals surface area contributed by atoms with Crippen LogP contribution in [0.4, 0.5) is 0 Å². The first-order valence-electron chi connectivity index (χ1n) is 6.81. The second-order valence-electron chi connectivity index (χ2n) is 4.62. The van der Waals surface area contributed by atoms with Crippen LogP contribution in [-0.4, -0.2) is 12.5 Å². The number of nitrogens with one attached hydrogen (secondary N) is 1. The molecule has 0 aliphatic heterocycles. The molecule has 0 unspecified atom stereocenters. The maximum absolute atomic E-state index is 5.85. The van der Waals surface area contributed by atoms with Gasteiger partial charge < -0.3 is 11.1 Å². The Labute approximate surface area is 114 Å². The number of nitrogens with zero attached hydrogens (tertiary/aromatic N) is 1. The van der Waals surface area contributed by atoms with E-state index in [4.69, 9.17) is 5.73 Å². The molecule has 0 heterocycles. The van der Waals surface area contributed by atoms with Crippen LogP contribution in [0.1, 0.15) is 25.3 Å². The van der Waals surface area contributed by atoms with Crippen LogP contribution in [0, 0.1) is 0 Å². The monoisotopic (exact) mass is 255 g/mol. The maximum Gasteiger partial charge on any atom is 0.188 e. The van der Waals surface area contributed by atoms with Crippen molar-refractivity contribution in [3.8, 4) is 0 Å². The van der Waals surface area contributed by atoms with Crippen LogP contribution in [0.2, 0.25) is 0 Å². The Morgan fingerprint density at radius 3 is 2.79 bits per heavy atom. The van der Waals surface area contributed by atoms with E-state index < -0.39 is 0 Å². The molecule has 3 heteroatoms. The molecule has 3 nitrogen and oxygen atoms in total. The van der Waals surface area contributed by atoms with E-state index in [-0.39, 0.29) is 0 Å². The lowest BCUT2D eigenvalue weighted by Gasteiger charge is -2.06. The zero-order chi connectivity index (χ0) is 13.5. The van der Waals surface area contributed by atoms with Gasteiger partial charge in [-0.3, -0.25) is 0 Å². The number of fused-ring (bicyclic) bond motifs is 1. The highest BCUT2D eigenvalue weighted by atomic mass is 15.1. The molecule has 0 aliphatic carbocycles. The standard InChI is InChI=1S/C16H21N3/c1-2-3-11-18-16(17)19-12-14-9-6-8-13-7-4-5-10-15(13)14/h4-10H,2-3,11-12H2,1H3,(H3,17,18,19). The van der Waals surface area contributed by atoms with E-state index in [1.54, 1.807) is 0 Å². The first-order valence-corrected chi connectivity index (χ1v) is 6.81. The van der Waals surface area contributed by atoms with Gasteiger partial charge in [0.05, 0.1) is 6.54 Å². The average Bonchev–Trinajstić information content (AvgIpc) is 2.45. The minimum absolute atomic E-state index is 0.529. The molecular formula is C16H21N3. The number of aliphatic imine (C=N–C) groups is 1. The summed E-state index contributed by atoms with van der Waals surface area (Å²) in [4.78, 5) is 4.40. The van der Waals surface area contributed by atoms with Gasteiger partial charge in [-0.15, -0.1) is 0 Å².